The van der Waals surface area contributed by atoms with Crippen LogP contribution in [0.5, 0.6) is 0 Å². The van der Waals surface area contributed by atoms with Crippen molar-refractivity contribution in [2.75, 3.05) is 46.4 Å². The molecule has 2 heterocycles. The molecule has 138 valence electrons. The SMILES string of the molecule is CN=C(NCCN1CCOCC1)NCc1nc(C(F)(F)F)cs1.I. The van der Waals surface area contributed by atoms with Crippen LogP contribution in [0.2, 0.25) is 0 Å². The Morgan fingerprint density at radius 2 is 2.08 bits per heavy atom. The van der Waals surface area contributed by atoms with E-state index in [1.165, 1.54) is 0 Å². The van der Waals surface area contributed by atoms with Crippen LogP contribution in [0.15, 0.2) is 10.4 Å². The molecule has 1 saturated heterocycles. The number of aliphatic imine (C=N–C) groups is 1. The van der Waals surface area contributed by atoms with Gasteiger partial charge in [-0.1, -0.05) is 0 Å². The van der Waals surface area contributed by atoms with E-state index in [1.54, 1.807) is 7.05 Å². The van der Waals surface area contributed by atoms with Crippen molar-refractivity contribution < 1.29 is 17.9 Å². The van der Waals surface area contributed by atoms with Crippen molar-refractivity contribution in [3.05, 3.63) is 16.1 Å². The lowest BCUT2D eigenvalue weighted by atomic mass is 10.4. The quantitative estimate of drug-likeness (QED) is 0.383. The molecule has 0 atom stereocenters. The maximum Gasteiger partial charge on any atom is 0.434 e. The number of aromatic nitrogens is 1. The predicted molar refractivity (Wildman–Crippen MR) is 98.0 cm³/mol. The standard InChI is InChI=1S/C13H20F3N5OS.HI/c1-17-12(18-2-3-21-4-6-22-7-5-21)19-8-11-20-10(9-23-11)13(14,15)16;/h9H,2-8H2,1H3,(H2,17,18,19);1H. The van der Waals surface area contributed by atoms with Crippen molar-refractivity contribution in [3.63, 3.8) is 0 Å². The van der Waals surface area contributed by atoms with Gasteiger partial charge in [0.1, 0.15) is 5.01 Å². The fourth-order valence-corrected chi connectivity index (χ4v) is 2.80. The third-order valence-electron chi connectivity index (χ3n) is 3.30. The summed E-state index contributed by atoms with van der Waals surface area (Å²) in [6, 6.07) is 0. The fourth-order valence-electron chi connectivity index (χ4n) is 2.06. The van der Waals surface area contributed by atoms with E-state index in [0.29, 0.717) is 17.5 Å². The van der Waals surface area contributed by atoms with Crippen molar-refractivity contribution in [3.8, 4) is 0 Å². The lowest BCUT2D eigenvalue weighted by Gasteiger charge is -2.26. The van der Waals surface area contributed by atoms with Gasteiger partial charge in [-0.2, -0.15) is 13.2 Å². The highest BCUT2D eigenvalue weighted by molar-refractivity contribution is 14.0. The van der Waals surface area contributed by atoms with Crippen LogP contribution in [0.1, 0.15) is 10.7 Å². The molecule has 0 unspecified atom stereocenters. The van der Waals surface area contributed by atoms with E-state index in [9.17, 15) is 13.2 Å². The van der Waals surface area contributed by atoms with E-state index in [1.807, 2.05) is 0 Å². The second-order valence-electron chi connectivity index (χ2n) is 4.93. The number of thiazole rings is 1. The first-order chi connectivity index (χ1) is 11.0. The highest BCUT2D eigenvalue weighted by atomic mass is 127. The predicted octanol–water partition coefficient (Wildman–Crippen LogP) is 1.78. The Morgan fingerprint density at radius 1 is 1.38 bits per heavy atom. The maximum atomic E-state index is 12.5. The zero-order valence-corrected chi connectivity index (χ0v) is 16.4. The van der Waals surface area contributed by atoms with Gasteiger partial charge in [-0.05, 0) is 0 Å². The normalized spacial score (nSPS) is 16.6. The van der Waals surface area contributed by atoms with E-state index in [-0.39, 0.29) is 30.5 Å². The van der Waals surface area contributed by atoms with Crippen LogP contribution in [0.3, 0.4) is 0 Å². The molecule has 2 N–H and O–H groups in total. The van der Waals surface area contributed by atoms with Gasteiger partial charge in [0.25, 0.3) is 0 Å². The van der Waals surface area contributed by atoms with Gasteiger partial charge in [-0.25, -0.2) is 4.98 Å². The zero-order valence-electron chi connectivity index (χ0n) is 13.2. The van der Waals surface area contributed by atoms with Gasteiger partial charge in [-0.3, -0.25) is 9.89 Å². The first kappa shape index (κ1) is 21.4. The van der Waals surface area contributed by atoms with Gasteiger partial charge in [0.2, 0.25) is 0 Å². The molecule has 1 fully saturated rings. The molecule has 1 aromatic heterocycles. The maximum absolute atomic E-state index is 12.5. The summed E-state index contributed by atoms with van der Waals surface area (Å²) >= 11 is 0.977. The number of rotatable bonds is 5. The first-order valence-electron chi connectivity index (χ1n) is 7.25. The van der Waals surface area contributed by atoms with E-state index < -0.39 is 11.9 Å². The van der Waals surface area contributed by atoms with Crippen LogP contribution in [-0.4, -0.2) is 62.3 Å². The Bertz CT molecular complexity index is 520. The molecule has 0 aromatic carbocycles. The summed E-state index contributed by atoms with van der Waals surface area (Å²) in [6.45, 7) is 5.08. The molecule has 0 radical (unpaired) electrons. The molecule has 6 nitrogen and oxygen atoms in total. The minimum atomic E-state index is -4.40. The van der Waals surface area contributed by atoms with Crippen LogP contribution in [0.4, 0.5) is 13.2 Å². The van der Waals surface area contributed by atoms with Crippen molar-refractivity contribution in [2.45, 2.75) is 12.7 Å². The number of nitrogens with one attached hydrogen (secondary N) is 2. The summed E-state index contributed by atoms with van der Waals surface area (Å²) in [4.78, 5) is 9.89. The molecule has 24 heavy (non-hydrogen) atoms. The molecule has 2 rings (SSSR count). The zero-order chi connectivity index (χ0) is 16.7. The van der Waals surface area contributed by atoms with Gasteiger partial charge in [0.05, 0.1) is 19.8 Å². The molecule has 0 bridgehead atoms. The van der Waals surface area contributed by atoms with E-state index in [4.69, 9.17) is 4.74 Å². The summed E-state index contributed by atoms with van der Waals surface area (Å²) in [5.74, 6) is 0.544. The van der Waals surface area contributed by atoms with Crippen LogP contribution < -0.4 is 10.6 Å². The van der Waals surface area contributed by atoms with Crippen LogP contribution in [0.25, 0.3) is 0 Å². The Morgan fingerprint density at radius 3 is 2.67 bits per heavy atom. The van der Waals surface area contributed by atoms with Gasteiger partial charge in [0.15, 0.2) is 11.7 Å². The third-order valence-corrected chi connectivity index (χ3v) is 4.15. The number of guanidine groups is 1. The van der Waals surface area contributed by atoms with Gasteiger partial charge in [0, 0.05) is 38.6 Å². The number of hydrogen-bond donors (Lipinski definition) is 2. The minimum absolute atomic E-state index is 0. The smallest absolute Gasteiger partial charge is 0.379 e. The Balaban J connectivity index is 0.00000288. The van der Waals surface area contributed by atoms with Crippen molar-refractivity contribution in [1.29, 1.82) is 0 Å². The second-order valence-corrected chi connectivity index (χ2v) is 5.87. The summed E-state index contributed by atoms with van der Waals surface area (Å²) in [5, 5.41) is 7.49. The number of morpholine rings is 1. The molecular formula is C13H21F3IN5OS. The Labute approximate surface area is 159 Å². The van der Waals surface area contributed by atoms with Gasteiger partial charge >= 0.3 is 6.18 Å². The molecule has 1 aliphatic heterocycles. The number of nitrogens with zero attached hydrogens (tertiary/aromatic N) is 3. The molecule has 1 aliphatic rings. The van der Waals surface area contributed by atoms with Crippen molar-refractivity contribution in [1.82, 2.24) is 20.5 Å². The molecule has 0 saturated carbocycles. The lowest BCUT2D eigenvalue weighted by molar-refractivity contribution is -0.140. The molecule has 0 amide bonds. The fraction of sp³-hybridized carbons (Fsp3) is 0.692. The van der Waals surface area contributed by atoms with Crippen molar-refractivity contribution in [2.24, 2.45) is 4.99 Å². The largest absolute Gasteiger partial charge is 0.434 e. The molecule has 0 spiro atoms. The summed E-state index contributed by atoms with van der Waals surface area (Å²) < 4.78 is 42.7. The lowest BCUT2D eigenvalue weighted by Crippen LogP contribution is -2.44. The summed E-state index contributed by atoms with van der Waals surface area (Å²) in [6.07, 6.45) is -4.40. The first-order valence-corrected chi connectivity index (χ1v) is 8.13. The number of hydrogen-bond acceptors (Lipinski definition) is 5. The van der Waals surface area contributed by atoms with E-state index in [0.717, 1.165) is 49.6 Å². The second kappa shape index (κ2) is 10.4. The minimum Gasteiger partial charge on any atom is -0.379 e. The average Bonchev–Trinajstić information content (AvgIpc) is 3.01. The number of halogens is 4. The number of alkyl halides is 3. The topological polar surface area (TPSA) is 61.8 Å². The summed E-state index contributed by atoms with van der Waals surface area (Å²) in [5.41, 5.74) is -0.852. The molecule has 11 heteroatoms. The summed E-state index contributed by atoms with van der Waals surface area (Å²) in [7, 11) is 1.62. The molecular weight excluding hydrogens is 458 g/mol. The molecule has 0 aliphatic carbocycles. The monoisotopic (exact) mass is 479 g/mol. The number of ether oxygens (including phenoxy) is 1. The van der Waals surface area contributed by atoms with Crippen LogP contribution >= 0.6 is 35.3 Å². The van der Waals surface area contributed by atoms with Crippen LogP contribution in [0, 0.1) is 0 Å². The van der Waals surface area contributed by atoms with Gasteiger partial charge < -0.3 is 15.4 Å². The highest BCUT2D eigenvalue weighted by Gasteiger charge is 2.33. The Kier molecular flexibility index (Phi) is 9.23. The third kappa shape index (κ3) is 7.07. The molecule has 1 aromatic rings. The van der Waals surface area contributed by atoms with Crippen molar-refractivity contribution >= 4 is 41.3 Å². The Hall–Kier alpha value is -0.660. The van der Waals surface area contributed by atoms with E-state index in [2.05, 4.69) is 25.5 Å². The van der Waals surface area contributed by atoms with Crippen LogP contribution in [-0.2, 0) is 17.5 Å². The average molecular weight is 479 g/mol. The van der Waals surface area contributed by atoms with Gasteiger partial charge in [-0.15, -0.1) is 35.3 Å². The highest BCUT2D eigenvalue weighted by Crippen LogP contribution is 2.29. The van der Waals surface area contributed by atoms with E-state index >= 15 is 0 Å².